The van der Waals surface area contributed by atoms with Gasteiger partial charge in [-0.25, -0.2) is 9.48 Å². The first kappa shape index (κ1) is 18.9. The molecule has 0 spiro atoms. The summed E-state index contributed by atoms with van der Waals surface area (Å²) in [7, 11) is 1.68. The van der Waals surface area contributed by atoms with Gasteiger partial charge in [0.15, 0.2) is 6.54 Å². The third kappa shape index (κ3) is 3.17. The lowest BCUT2D eigenvalue weighted by Crippen LogP contribution is -2.41. The monoisotopic (exact) mass is 399 g/mol. The summed E-state index contributed by atoms with van der Waals surface area (Å²) < 4.78 is 7.52. The van der Waals surface area contributed by atoms with Gasteiger partial charge in [-0.1, -0.05) is 54.6 Å². The number of amidine groups is 1. The molecular formula is C26H27N2O2+. The summed E-state index contributed by atoms with van der Waals surface area (Å²) in [5, 5.41) is 11.9. The fraction of sp³-hybridized carbons (Fsp3) is 0.269. The minimum atomic E-state index is -1.02. The van der Waals surface area contributed by atoms with Crippen LogP contribution >= 0.6 is 0 Å². The standard InChI is InChI=1S/C26H27N2O2/c1-30-24-16-14-23(15-17-24)27-19-26(29,28-18-6-5-9-25(27)28)22-12-10-21(11-13-22)20-7-3-2-4-8-20/h2-4,7-8,10-17,29H,5-6,9,18-19H2,1H3/q+1/t26-/m1/s1. The predicted octanol–water partition coefficient (Wildman–Crippen LogP) is 4.62. The Morgan fingerprint density at radius 2 is 1.57 bits per heavy atom. The molecule has 0 bridgehead atoms. The van der Waals surface area contributed by atoms with E-state index in [1.54, 1.807) is 7.11 Å². The van der Waals surface area contributed by atoms with Crippen molar-refractivity contribution in [1.82, 2.24) is 0 Å². The molecule has 0 fully saturated rings. The summed E-state index contributed by atoms with van der Waals surface area (Å²) in [6.45, 7) is 1.40. The van der Waals surface area contributed by atoms with Crippen LogP contribution in [0.2, 0.25) is 0 Å². The Morgan fingerprint density at radius 3 is 2.27 bits per heavy atom. The normalized spacial score (nSPS) is 20.9. The fourth-order valence-electron chi connectivity index (χ4n) is 4.70. The van der Waals surface area contributed by atoms with Crippen LogP contribution in [0.4, 0.5) is 5.69 Å². The molecule has 0 saturated heterocycles. The first-order valence-electron chi connectivity index (χ1n) is 10.6. The number of hydrogen-bond donors (Lipinski definition) is 1. The van der Waals surface area contributed by atoms with Crippen molar-refractivity contribution in [2.75, 3.05) is 25.1 Å². The van der Waals surface area contributed by atoms with Gasteiger partial charge in [-0.2, -0.15) is 0 Å². The summed E-state index contributed by atoms with van der Waals surface area (Å²) in [5.41, 5.74) is 3.36. The van der Waals surface area contributed by atoms with Crippen LogP contribution < -0.4 is 9.64 Å². The van der Waals surface area contributed by atoms with Gasteiger partial charge >= 0.3 is 0 Å². The molecule has 2 heterocycles. The highest BCUT2D eigenvalue weighted by atomic mass is 16.5. The number of hydrogen-bond acceptors (Lipinski definition) is 3. The van der Waals surface area contributed by atoms with Crippen molar-refractivity contribution in [1.29, 1.82) is 0 Å². The number of β-amino-alcohol motifs (C(OH)–C–C–N with tert-alkyl or cyclic N) is 1. The molecule has 4 heteroatoms. The average molecular weight is 400 g/mol. The van der Waals surface area contributed by atoms with Crippen LogP contribution in [0.25, 0.3) is 11.1 Å². The number of methoxy groups -OCH3 is 1. The van der Waals surface area contributed by atoms with Gasteiger partial charge in [0.1, 0.15) is 11.4 Å². The number of rotatable bonds is 4. The van der Waals surface area contributed by atoms with E-state index in [2.05, 4.69) is 70.1 Å². The van der Waals surface area contributed by atoms with Crippen molar-refractivity contribution < 1.29 is 14.4 Å². The molecule has 30 heavy (non-hydrogen) atoms. The maximum absolute atomic E-state index is 11.9. The van der Waals surface area contributed by atoms with E-state index in [0.717, 1.165) is 48.4 Å². The molecule has 1 N–H and O–H groups in total. The molecule has 3 aromatic carbocycles. The van der Waals surface area contributed by atoms with Gasteiger partial charge < -0.3 is 9.84 Å². The molecule has 1 atom stereocenters. The van der Waals surface area contributed by atoms with Crippen LogP contribution in [-0.4, -0.2) is 35.7 Å². The SMILES string of the molecule is COc1ccc(N2C[C@@](O)(c3ccc(-c4ccccc4)cc3)[N+]3=C2CCCC3)cc1. The summed E-state index contributed by atoms with van der Waals surface area (Å²) in [6, 6.07) is 26.8. The lowest BCUT2D eigenvalue weighted by molar-refractivity contribution is -0.661. The van der Waals surface area contributed by atoms with Gasteiger partial charge in [-0.05, 0) is 48.2 Å². The molecule has 0 amide bonds. The van der Waals surface area contributed by atoms with Gasteiger partial charge in [0.25, 0.3) is 11.6 Å². The van der Waals surface area contributed by atoms with E-state index in [-0.39, 0.29) is 0 Å². The second-order valence-corrected chi connectivity index (χ2v) is 8.07. The van der Waals surface area contributed by atoms with Gasteiger partial charge in [0, 0.05) is 12.0 Å². The molecule has 3 aromatic rings. The van der Waals surface area contributed by atoms with Gasteiger partial charge in [-0.3, -0.25) is 0 Å². The van der Waals surface area contributed by atoms with Crippen LogP contribution in [0, 0.1) is 0 Å². The first-order chi connectivity index (χ1) is 14.7. The Morgan fingerprint density at radius 1 is 0.867 bits per heavy atom. The van der Waals surface area contributed by atoms with Gasteiger partial charge in [0.05, 0.1) is 13.7 Å². The molecule has 4 nitrogen and oxygen atoms in total. The summed E-state index contributed by atoms with van der Waals surface area (Å²) in [4.78, 5) is 2.27. The van der Waals surface area contributed by atoms with E-state index in [0.29, 0.717) is 6.54 Å². The first-order valence-corrected chi connectivity index (χ1v) is 10.6. The third-order valence-corrected chi connectivity index (χ3v) is 6.32. The van der Waals surface area contributed by atoms with Crippen molar-refractivity contribution in [3.8, 4) is 16.9 Å². The summed E-state index contributed by atoms with van der Waals surface area (Å²) in [5.74, 6) is 2.05. The Bertz CT molecular complexity index is 1060. The number of anilines is 1. The molecular weight excluding hydrogens is 372 g/mol. The Balaban J connectivity index is 1.50. The van der Waals surface area contributed by atoms with Crippen molar-refractivity contribution in [2.45, 2.75) is 25.0 Å². The highest BCUT2D eigenvalue weighted by Gasteiger charge is 2.52. The second-order valence-electron chi connectivity index (χ2n) is 8.07. The van der Waals surface area contributed by atoms with E-state index in [4.69, 9.17) is 4.74 Å². The van der Waals surface area contributed by atoms with Crippen molar-refractivity contribution >= 4 is 11.5 Å². The van der Waals surface area contributed by atoms with Crippen LogP contribution in [0.1, 0.15) is 24.8 Å². The number of benzene rings is 3. The second kappa shape index (κ2) is 7.62. The van der Waals surface area contributed by atoms with Crippen LogP contribution in [-0.2, 0) is 5.72 Å². The highest BCUT2D eigenvalue weighted by Crippen LogP contribution is 2.36. The van der Waals surface area contributed by atoms with Gasteiger partial charge in [-0.15, -0.1) is 0 Å². The predicted molar refractivity (Wildman–Crippen MR) is 120 cm³/mol. The summed E-state index contributed by atoms with van der Waals surface area (Å²) >= 11 is 0. The zero-order valence-corrected chi connectivity index (χ0v) is 17.3. The molecule has 0 saturated carbocycles. The molecule has 5 rings (SSSR count). The van der Waals surface area contributed by atoms with Crippen molar-refractivity contribution in [3.63, 3.8) is 0 Å². The quantitative estimate of drug-likeness (QED) is 0.650. The van der Waals surface area contributed by atoms with E-state index < -0.39 is 5.72 Å². The van der Waals surface area contributed by atoms with Crippen LogP contribution in [0.15, 0.2) is 78.9 Å². The van der Waals surface area contributed by atoms with E-state index in [9.17, 15) is 5.11 Å². The number of nitrogens with zero attached hydrogens (tertiary/aromatic N) is 2. The van der Waals surface area contributed by atoms with Crippen molar-refractivity contribution in [3.05, 3.63) is 84.4 Å². The number of ether oxygens (including phenoxy) is 1. The Hall–Kier alpha value is -3.11. The minimum absolute atomic E-state index is 0.527. The topological polar surface area (TPSA) is 35.7 Å². The highest BCUT2D eigenvalue weighted by molar-refractivity contribution is 5.96. The zero-order chi connectivity index (χ0) is 20.6. The molecule has 0 aromatic heterocycles. The molecule has 0 unspecified atom stereocenters. The fourth-order valence-corrected chi connectivity index (χ4v) is 4.70. The summed E-state index contributed by atoms with van der Waals surface area (Å²) in [6.07, 6.45) is 3.24. The van der Waals surface area contributed by atoms with Crippen molar-refractivity contribution in [2.24, 2.45) is 0 Å². The lowest BCUT2D eigenvalue weighted by atomic mass is 9.97. The van der Waals surface area contributed by atoms with E-state index >= 15 is 0 Å². The Kier molecular flexibility index (Phi) is 4.80. The number of aliphatic hydroxyl groups is 1. The molecule has 2 aliphatic heterocycles. The molecule has 152 valence electrons. The average Bonchev–Trinajstić information content (AvgIpc) is 3.14. The Labute approximate surface area is 177 Å². The maximum Gasteiger partial charge on any atom is 0.271 e. The van der Waals surface area contributed by atoms with Crippen LogP contribution in [0.5, 0.6) is 5.75 Å². The minimum Gasteiger partial charge on any atom is -0.497 e. The lowest BCUT2D eigenvalue weighted by Gasteiger charge is -2.24. The van der Waals surface area contributed by atoms with Gasteiger partial charge in [0.2, 0.25) is 0 Å². The largest absolute Gasteiger partial charge is 0.497 e. The zero-order valence-electron chi connectivity index (χ0n) is 17.3. The maximum atomic E-state index is 11.9. The smallest absolute Gasteiger partial charge is 0.271 e. The molecule has 0 aliphatic carbocycles. The molecule has 2 aliphatic rings. The third-order valence-electron chi connectivity index (χ3n) is 6.32. The van der Waals surface area contributed by atoms with Crippen LogP contribution in [0.3, 0.4) is 0 Å². The van der Waals surface area contributed by atoms with E-state index in [1.807, 2.05) is 18.2 Å². The molecule has 0 radical (unpaired) electrons. The van der Waals surface area contributed by atoms with E-state index in [1.165, 1.54) is 11.4 Å².